The first kappa shape index (κ1) is 15.3. The minimum absolute atomic E-state index is 0. The quantitative estimate of drug-likeness (QED) is 0.863. The summed E-state index contributed by atoms with van der Waals surface area (Å²) in [5.41, 5.74) is 8.63. The molecule has 0 bridgehead atoms. The van der Waals surface area contributed by atoms with Gasteiger partial charge < -0.3 is 10.6 Å². The number of amides is 2. The minimum atomic E-state index is -0.450. The average Bonchev–Trinajstić information content (AvgIpc) is 2.47. The smallest absolute Gasteiger partial charge is 0.315 e. The van der Waals surface area contributed by atoms with Crippen LogP contribution in [0.5, 0.6) is 0 Å². The summed E-state index contributed by atoms with van der Waals surface area (Å²) in [6, 6.07) is 13.5. The van der Waals surface area contributed by atoms with E-state index in [4.69, 9.17) is 5.73 Å². The molecule has 2 N–H and O–H groups in total. The van der Waals surface area contributed by atoms with Gasteiger partial charge in [0.2, 0.25) is 0 Å². The Kier molecular flexibility index (Phi) is 4.48. The number of nitrogens with two attached hydrogens (primary N) is 1. The topological polar surface area (TPSA) is 46.3 Å². The van der Waals surface area contributed by atoms with Gasteiger partial charge in [0.25, 0.3) is 0 Å². The first-order valence-electron chi connectivity index (χ1n) is 6.56. The summed E-state index contributed by atoms with van der Waals surface area (Å²) in [5.74, 6) is -0.288. The molecule has 1 heterocycles. The van der Waals surface area contributed by atoms with Gasteiger partial charge in [0.15, 0.2) is 0 Å². The standard InChI is InChI=1S/C16H15FN2O.ClH/c17-13-7-5-12(6-8-13)15-14-4-2-1-3-11(14)9-10-19(15)16(18)20;/h1-8,15H,9-10H2,(H2,18,20);1H. The fraction of sp³-hybridized carbons (Fsp3) is 0.188. The summed E-state index contributed by atoms with van der Waals surface area (Å²) in [7, 11) is 0. The number of primary amides is 1. The van der Waals surface area contributed by atoms with E-state index in [1.165, 1.54) is 17.7 Å². The van der Waals surface area contributed by atoms with Gasteiger partial charge in [-0.1, -0.05) is 36.4 Å². The van der Waals surface area contributed by atoms with Crippen LogP contribution in [0.2, 0.25) is 0 Å². The molecule has 1 aliphatic rings. The number of fused-ring (bicyclic) bond motifs is 1. The molecule has 110 valence electrons. The SMILES string of the molecule is Cl.NC(=O)N1CCc2ccccc2C1c1ccc(F)cc1. The molecule has 0 fully saturated rings. The minimum Gasteiger partial charge on any atom is -0.351 e. The Morgan fingerprint density at radius 2 is 1.81 bits per heavy atom. The fourth-order valence-corrected chi connectivity index (χ4v) is 2.81. The van der Waals surface area contributed by atoms with Gasteiger partial charge in [0, 0.05) is 6.54 Å². The molecule has 0 spiro atoms. The number of rotatable bonds is 1. The highest BCUT2D eigenvalue weighted by Crippen LogP contribution is 2.34. The molecule has 21 heavy (non-hydrogen) atoms. The van der Waals surface area contributed by atoms with Crippen molar-refractivity contribution in [2.45, 2.75) is 12.5 Å². The predicted octanol–water partition coefficient (Wildman–Crippen LogP) is 3.27. The molecule has 0 aliphatic carbocycles. The Labute approximate surface area is 129 Å². The second kappa shape index (κ2) is 6.14. The van der Waals surface area contributed by atoms with E-state index >= 15 is 0 Å². The molecule has 2 amide bonds. The number of urea groups is 1. The van der Waals surface area contributed by atoms with Gasteiger partial charge in [-0.3, -0.25) is 0 Å². The predicted molar refractivity (Wildman–Crippen MR) is 81.9 cm³/mol. The number of benzene rings is 2. The van der Waals surface area contributed by atoms with Crippen LogP contribution in [0.15, 0.2) is 48.5 Å². The number of halogens is 2. The van der Waals surface area contributed by atoms with Crippen LogP contribution < -0.4 is 5.73 Å². The molecule has 5 heteroatoms. The molecular weight excluding hydrogens is 291 g/mol. The second-order valence-electron chi connectivity index (χ2n) is 4.93. The van der Waals surface area contributed by atoms with E-state index in [0.29, 0.717) is 6.54 Å². The van der Waals surface area contributed by atoms with E-state index in [1.54, 1.807) is 17.0 Å². The Hall–Kier alpha value is -2.07. The fourth-order valence-electron chi connectivity index (χ4n) is 2.81. The van der Waals surface area contributed by atoms with Gasteiger partial charge >= 0.3 is 6.03 Å². The van der Waals surface area contributed by atoms with E-state index in [1.807, 2.05) is 18.2 Å². The first-order valence-corrected chi connectivity index (χ1v) is 6.56. The maximum Gasteiger partial charge on any atom is 0.315 e. The van der Waals surface area contributed by atoms with Crippen molar-refractivity contribution < 1.29 is 9.18 Å². The zero-order valence-electron chi connectivity index (χ0n) is 11.3. The summed E-state index contributed by atoms with van der Waals surface area (Å²) in [6.45, 7) is 0.578. The molecule has 3 rings (SSSR count). The monoisotopic (exact) mass is 306 g/mol. The maximum absolute atomic E-state index is 13.1. The van der Waals surface area contributed by atoms with Crippen molar-refractivity contribution in [3.63, 3.8) is 0 Å². The molecule has 1 aliphatic heterocycles. The van der Waals surface area contributed by atoms with Crippen LogP contribution in [0.1, 0.15) is 22.7 Å². The normalized spacial score (nSPS) is 16.8. The lowest BCUT2D eigenvalue weighted by atomic mass is 9.88. The van der Waals surface area contributed by atoms with E-state index in [0.717, 1.165) is 17.5 Å². The summed E-state index contributed by atoms with van der Waals surface area (Å²) >= 11 is 0. The number of hydrogen-bond donors (Lipinski definition) is 1. The zero-order chi connectivity index (χ0) is 14.1. The molecule has 1 unspecified atom stereocenters. The van der Waals surface area contributed by atoms with E-state index in [2.05, 4.69) is 6.07 Å². The Bertz CT molecular complexity index is 645. The van der Waals surface area contributed by atoms with Crippen molar-refractivity contribution >= 4 is 18.4 Å². The Morgan fingerprint density at radius 3 is 2.48 bits per heavy atom. The lowest BCUT2D eigenvalue weighted by molar-refractivity contribution is 0.190. The number of nitrogens with zero attached hydrogens (tertiary/aromatic N) is 1. The lowest BCUT2D eigenvalue weighted by Gasteiger charge is -2.36. The van der Waals surface area contributed by atoms with Crippen LogP contribution in [-0.4, -0.2) is 17.5 Å². The highest BCUT2D eigenvalue weighted by Gasteiger charge is 2.30. The highest BCUT2D eigenvalue weighted by molar-refractivity contribution is 5.85. The third-order valence-electron chi connectivity index (χ3n) is 3.75. The van der Waals surface area contributed by atoms with Gasteiger partial charge in [-0.05, 0) is 35.2 Å². The summed E-state index contributed by atoms with van der Waals surface area (Å²) in [6.07, 6.45) is 0.789. The third-order valence-corrected chi connectivity index (χ3v) is 3.75. The van der Waals surface area contributed by atoms with Crippen molar-refractivity contribution in [1.82, 2.24) is 4.90 Å². The maximum atomic E-state index is 13.1. The highest BCUT2D eigenvalue weighted by atomic mass is 35.5. The molecule has 0 saturated carbocycles. The van der Waals surface area contributed by atoms with Crippen molar-refractivity contribution in [3.8, 4) is 0 Å². The molecule has 3 nitrogen and oxygen atoms in total. The largest absolute Gasteiger partial charge is 0.351 e. The van der Waals surface area contributed by atoms with Crippen LogP contribution in [0.25, 0.3) is 0 Å². The van der Waals surface area contributed by atoms with Crippen molar-refractivity contribution in [3.05, 3.63) is 71.0 Å². The average molecular weight is 307 g/mol. The van der Waals surface area contributed by atoms with Gasteiger partial charge in [0.1, 0.15) is 5.82 Å². The number of carbonyl (C=O) groups is 1. The van der Waals surface area contributed by atoms with Gasteiger partial charge in [-0.25, -0.2) is 9.18 Å². The van der Waals surface area contributed by atoms with Crippen LogP contribution in [0.3, 0.4) is 0 Å². The van der Waals surface area contributed by atoms with Gasteiger partial charge in [0.05, 0.1) is 6.04 Å². The summed E-state index contributed by atoms with van der Waals surface area (Å²) in [5, 5.41) is 0. The van der Waals surface area contributed by atoms with Gasteiger partial charge in [-0.15, -0.1) is 12.4 Å². The van der Waals surface area contributed by atoms with Crippen molar-refractivity contribution in [2.24, 2.45) is 5.73 Å². The van der Waals surface area contributed by atoms with Crippen molar-refractivity contribution in [1.29, 1.82) is 0 Å². The van der Waals surface area contributed by atoms with E-state index in [-0.39, 0.29) is 24.3 Å². The molecule has 0 aromatic heterocycles. The van der Waals surface area contributed by atoms with E-state index in [9.17, 15) is 9.18 Å². The second-order valence-corrected chi connectivity index (χ2v) is 4.93. The van der Waals surface area contributed by atoms with Crippen LogP contribution in [0, 0.1) is 5.82 Å². The lowest BCUT2D eigenvalue weighted by Crippen LogP contribution is -2.43. The molecule has 2 aromatic rings. The number of carbonyl (C=O) groups excluding carboxylic acids is 1. The first-order chi connectivity index (χ1) is 9.66. The third kappa shape index (κ3) is 2.85. The van der Waals surface area contributed by atoms with Crippen LogP contribution in [0.4, 0.5) is 9.18 Å². The summed E-state index contributed by atoms with van der Waals surface area (Å²) < 4.78 is 13.1. The molecule has 2 aromatic carbocycles. The molecule has 0 saturated heterocycles. The number of hydrogen-bond acceptors (Lipinski definition) is 1. The van der Waals surface area contributed by atoms with E-state index < -0.39 is 6.03 Å². The Balaban J connectivity index is 0.00000161. The molecular formula is C16H16ClFN2O. The zero-order valence-corrected chi connectivity index (χ0v) is 12.1. The van der Waals surface area contributed by atoms with Crippen LogP contribution >= 0.6 is 12.4 Å². The van der Waals surface area contributed by atoms with Gasteiger partial charge in [-0.2, -0.15) is 0 Å². The molecule has 1 atom stereocenters. The Morgan fingerprint density at radius 1 is 1.14 bits per heavy atom. The summed E-state index contributed by atoms with van der Waals surface area (Å²) in [4.78, 5) is 13.3. The van der Waals surface area contributed by atoms with Crippen LogP contribution in [-0.2, 0) is 6.42 Å². The van der Waals surface area contributed by atoms with Crippen molar-refractivity contribution in [2.75, 3.05) is 6.54 Å². The molecule has 0 radical (unpaired) electrons.